The average molecular weight is 325 g/mol. The molecule has 1 heterocycles. The molecule has 1 aromatic carbocycles. The van der Waals surface area contributed by atoms with Gasteiger partial charge in [0, 0.05) is 18.1 Å². The highest BCUT2D eigenvalue weighted by Crippen LogP contribution is 2.14. The van der Waals surface area contributed by atoms with E-state index in [0.29, 0.717) is 13.2 Å². The summed E-state index contributed by atoms with van der Waals surface area (Å²) in [5.74, 6) is -0.265. The molecule has 0 aliphatic carbocycles. The summed E-state index contributed by atoms with van der Waals surface area (Å²) in [5.41, 5.74) is 1.11. The van der Waals surface area contributed by atoms with Gasteiger partial charge in [0.1, 0.15) is 0 Å². The van der Waals surface area contributed by atoms with E-state index in [0.717, 1.165) is 10.2 Å². The number of amides is 1. The van der Waals surface area contributed by atoms with E-state index >= 15 is 0 Å². The molecule has 2 rings (SSSR count). The molecule has 0 saturated heterocycles. The standard InChI is InChI=1S/C12H13BrN4O2/c1-19-6-5-14-12(18)11-8-17(16-15-11)10-4-2-3-9(13)7-10/h2-4,7-8H,5-6H2,1H3,(H,14,18). The maximum absolute atomic E-state index is 11.7. The van der Waals surface area contributed by atoms with Gasteiger partial charge in [0.2, 0.25) is 0 Å². The van der Waals surface area contributed by atoms with Crippen LogP contribution in [0.5, 0.6) is 0 Å². The van der Waals surface area contributed by atoms with Crippen molar-refractivity contribution in [2.45, 2.75) is 0 Å². The molecule has 0 aliphatic heterocycles. The monoisotopic (exact) mass is 324 g/mol. The van der Waals surface area contributed by atoms with Gasteiger partial charge in [0.15, 0.2) is 5.69 Å². The first kappa shape index (κ1) is 13.7. The minimum Gasteiger partial charge on any atom is -0.383 e. The largest absolute Gasteiger partial charge is 0.383 e. The highest BCUT2D eigenvalue weighted by molar-refractivity contribution is 9.10. The molecule has 1 amide bonds. The minimum atomic E-state index is -0.265. The topological polar surface area (TPSA) is 69.0 Å². The molecule has 0 radical (unpaired) electrons. The Morgan fingerprint density at radius 2 is 2.37 bits per heavy atom. The fourth-order valence-corrected chi connectivity index (χ4v) is 1.86. The molecule has 7 heteroatoms. The summed E-state index contributed by atoms with van der Waals surface area (Å²) >= 11 is 3.38. The van der Waals surface area contributed by atoms with Crippen LogP contribution in [0, 0.1) is 0 Å². The number of hydrogen-bond acceptors (Lipinski definition) is 4. The maximum Gasteiger partial charge on any atom is 0.273 e. The number of halogens is 1. The van der Waals surface area contributed by atoms with Crippen LogP contribution in [0.4, 0.5) is 0 Å². The molecule has 0 spiro atoms. The lowest BCUT2D eigenvalue weighted by Crippen LogP contribution is -2.27. The van der Waals surface area contributed by atoms with Crippen molar-refractivity contribution in [2.24, 2.45) is 0 Å². The molecule has 0 bridgehead atoms. The van der Waals surface area contributed by atoms with Crippen molar-refractivity contribution in [2.75, 3.05) is 20.3 Å². The zero-order chi connectivity index (χ0) is 13.7. The summed E-state index contributed by atoms with van der Waals surface area (Å²) in [7, 11) is 1.58. The third kappa shape index (κ3) is 3.62. The molecular weight excluding hydrogens is 312 g/mol. The number of nitrogens with zero attached hydrogens (tertiary/aromatic N) is 3. The lowest BCUT2D eigenvalue weighted by atomic mass is 10.3. The number of hydrogen-bond donors (Lipinski definition) is 1. The van der Waals surface area contributed by atoms with E-state index in [-0.39, 0.29) is 11.6 Å². The summed E-state index contributed by atoms with van der Waals surface area (Å²) in [6.45, 7) is 0.907. The van der Waals surface area contributed by atoms with Gasteiger partial charge in [-0.05, 0) is 18.2 Å². The highest BCUT2D eigenvalue weighted by Gasteiger charge is 2.10. The normalized spacial score (nSPS) is 10.4. The van der Waals surface area contributed by atoms with Gasteiger partial charge in [0.05, 0.1) is 18.5 Å². The smallest absolute Gasteiger partial charge is 0.273 e. The Morgan fingerprint density at radius 1 is 1.53 bits per heavy atom. The van der Waals surface area contributed by atoms with Gasteiger partial charge in [-0.2, -0.15) is 0 Å². The molecule has 19 heavy (non-hydrogen) atoms. The first-order chi connectivity index (χ1) is 9.20. The first-order valence-electron chi connectivity index (χ1n) is 5.66. The second-order valence-electron chi connectivity index (χ2n) is 3.78. The number of benzene rings is 1. The number of nitrogens with one attached hydrogen (secondary N) is 1. The van der Waals surface area contributed by atoms with Crippen LogP contribution in [0.15, 0.2) is 34.9 Å². The van der Waals surface area contributed by atoms with Gasteiger partial charge in [-0.25, -0.2) is 4.68 Å². The highest BCUT2D eigenvalue weighted by atomic mass is 79.9. The van der Waals surface area contributed by atoms with Crippen LogP contribution in [-0.4, -0.2) is 41.2 Å². The molecule has 0 saturated carbocycles. The van der Waals surface area contributed by atoms with Crippen molar-refractivity contribution in [3.8, 4) is 5.69 Å². The van der Waals surface area contributed by atoms with E-state index < -0.39 is 0 Å². The second kappa shape index (κ2) is 6.44. The van der Waals surface area contributed by atoms with E-state index in [9.17, 15) is 4.79 Å². The fourth-order valence-electron chi connectivity index (χ4n) is 1.47. The molecule has 0 fully saturated rings. The lowest BCUT2D eigenvalue weighted by molar-refractivity contribution is 0.0932. The molecule has 0 unspecified atom stereocenters. The summed E-state index contributed by atoms with van der Waals surface area (Å²) in [4.78, 5) is 11.7. The van der Waals surface area contributed by atoms with E-state index in [1.54, 1.807) is 18.0 Å². The van der Waals surface area contributed by atoms with E-state index in [4.69, 9.17) is 4.74 Å². The van der Waals surface area contributed by atoms with Crippen molar-refractivity contribution in [1.82, 2.24) is 20.3 Å². The summed E-state index contributed by atoms with van der Waals surface area (Å²) in [5, 5.41) is 10.5. The Labute approximate surface area is 118 Å². The molecule has 100 valence electrons. The maximum atomic E-state index is 11.7. The van der Waals surface area contributed by atoms with Gasteiger partial charge in [-0.3, -0.25) is 4.79 Å². The van der Waals surface area contributed by atoms with Gasteiger partial charge in [-0.15, -0.1) is 5.10 Å². The number of ether oxygens (including phenoxy) is 1. The van der Waals surface area contributed by atoms with Crippen molar-refractivity contribution in [3.05, 3.63) is 40.6 Å². The van der Waals surface area contributed by atoms with Crippen molar-refractivity contribution in [3.63, 3.8) is 0 Å². The van der Waals surface area contributed by atoms with Crippen LogP contribution in [-0.2, 0) is 4.74 Å². The van der Waals surface area contributed by atoms with Crippen LogP contribution in [0.2, 0.25) is 0 Å². The molecule has 1 aromatic heterocycles. The minimum absolute atomic E-state index is 0.265. The van der Waals surface area contributed by atoms with Gasteiger partial charge >= 0.3 is 0 Å². The van der Waals surface area contributed by atoms with Crippen molar-refractivity contribution >= 4 is 21.8 Å². The van der Waals surface area contributed by atoms with Gasteiger partial charge in [-0.1, -0.05) is 27.2 Å². The Kier molecular flexibility index (Phi) is 4.64. The first-order valence-corrected chi connectivity index (χ1v) is 6.45. The van der Waals surface area contributed by atoms with Gasteiger partial charge in [0.25, 0.3) is 5.91 Å². The second-order valence-corrected chi connectivity index (χ2v) is 4.69. The molecule has 0 aliphatic rings. The van der Waals surface area contributed by atoms with Crippen LogP contribution in [0.3, 0.4) is 0 Å². The third-order valence-electron chi connectivity index (χ3n) is 2.39. The number of carbonyl (C=O) groups is 1. The quantitative estimate of drug-likeness (QED) is 0.844. The van der Waals surface area contributed by atoms with E-state index in [2.05, 4.69) is 31.6 Å². The lowest BCUT2D eigenvalue weighted by Gasteiger charge is -2.01. The Hall–Kier alpha value is -1.73. The molecule has 2 aromatic rings. The number of aromatic nitrogens is 3. The number of carbonyl (C=O) groups excluding carboxylic acids is 1. The Balaban J connectivity index is 2.08. The van der Waals surface area contributed by atoms with Crippen LogP contribution >= 0.6 is 15.9 Å². The van der Waals surface area contributed by atoms with Crippen LogP contribution in [0.25, 0.3) is 5.69 Å². The Bertz CT molecular complexity index is 570. The molecular formula is C12H13BrN4O2. The molecule has 0 atom stereocenters. The van der Waals surface area contributed by atoms with Crippen molar-refractivity contribution in [1.29, 1.82) is 0 Å². The average Bonchev–Trinajstić information content (AvgIpc) is 2.88. The molecule has 6 nitrogen and oxygen atoms in total. The predicted molar refractivity (Wildman–Crippen MR) is 73.3 cm³/mol. The summed E-state index contributed by atoms with van der Waals surface area (Å²) in [6.07, 6.45) is 1.59. The van der Waals surface area contributed by atoms with Gasteiger partial charge < -0.3 is 10.1 Å². The van der Waals surface area contributed by atoms with Crippen LogP contribution < -0.4 is 5.32 Å². The third-order valence-corrected chi connectivity index (χ3v) is 2.88. The summed E-state index contributed by atoms with van der Waals surface area (Å²) < 4.78 is 7.34. The Morgan fingerprint density at radius 3 is 3.11 bits per heavy atom. The fraction of sp³-hybridized carbons (Fsp3) is 0.250. The number of methoxy groups -OCH3 is 1. The SMILES string of the molecule is COCCNC(=O)c1cn(-c2cccc(Br)c2)nn1. The molecule has 1 N–H and O–H groups in total. The van der Waals surface area contributed by atoms with E-state index in [1.165, 1.54) is 0 Å². The zero-order valence-corrected chi connectivity index (χ0v) is 11.9. The van der Waals surface area contributed by atoms with Crippen LogP contribution in [0.1, 0.15) is 10.5 Å². The zero-order valence-electron chi connectivity index (χ0n) is 10.3. The van der Waals surface area contributed by atoms with Crippen molar-refractivity contribution < 1.29 is 9.53 Å². The van der Waals surface area contributed by atoms with E-state index in [1.807, 2.05) is 24.3 Å². The summed E-state index contributed by atoms with van der Waals surface area (Å²) in [6, 6.07) is 7.57. The number of rotatable bonds is 5. The predicted octanol–water partition coefficient (Wildman–Crippen LogP) is 1.41.